The summed E-state index contributed by atoms with van der Waals surface area (Å²) in [7, 11) is 1.73. The molecule has 0 aliphatic heterocycles. The number of anilines is 3. The van der Waals surface area contributed by atoms with E-state index in [9.17, 15) is 26.7 Å². The van der Waals surface area contributed by atoms with Crippen molar-refractivity contribution in [2.45, 2.75) is 50.9 Å². The summed E-state index contributed by atoms with van der Waals surface area (Å²) in [6.07, 6.45) is -2.12. The maximum absolute atomic E-state index is 13.6. The van der Waals surface area contributed by atoms with Crippen molar-refractivity contribution in [3.8, 4) is 0 Å². The van der Waals surface area contributed by atoms with Crippen LogP contribution in [0.25, 0.3) is 0 Å². The van der Waals surface area contributed by atoms with Crippen molar-refractivity contribution >= 4 is 23.4 Å². The van der Waals surface area contributed by atoms with E-state index in [1.807, 2.05) is 6.92 Å². The average molecular weight is 443 g/mol. The Morgan fingerprint density at radius 2 is 1.81 bits per heavy atom. The maximum atomic E-state index is 13.6. The molecule has 1 aliphatic carbocycles. The summed E-state index contributed by atoms with van der Waals surface area (Å²) in [6, 6.07) is 1.40. The molecular weight excluding hydrogens is 421 g/mol. The maximum Gasteiger partial charge on any atom is 0.471 e. The summed E-state index contributed by atoms with van der Waals surface area (Å²) in [5, 5.41) is 6.11. The van der Waals surface area contributed by atoms with E-state index in [0.717, 1.165) is 11.6 Å². The van der Waals surface area contributed by atoms with Crippen molar-refractivity contribution in [1.82, 2.24) is 9.97 Å². The van der Waals surface area contributed by atoms with Gasteiger partial charge in [-0.05, 0) is 44.7 Å². The molecule has 0 unspecified atom stereocenters. The molecule has 0 saturated heterocycles. The zero-order chi connectivity index (χ0) is 22.8. The number of rotatable bonds is 5. The topological polar surface area (TPSA) is 70.2 Å². The second-order valence-electron chi connectivity index (χ2n) is 7.40. The summed E-state index contributed by atoms with van der Waals surface area (Å²) in [6.45, 7) is 1.85. The third-order valence-corrected chi connectivity index (χ3v) is 5.25. The fourth-order valence-corrected chi connectivity index (χ4v) is 3.69. The SMILES string of the molecule is CNc1nc(NC2CCC(N(C(=O)C(F)(F)F)c3ccc(F)c(F)c3)CC2)ncc1C. The van der Waals surface area contributed by atoms with E-state index in [1.54, 1.807) is 13.2 Å². The molecule has 0 bridgehead atoms. The lowest BCUT2D eigenvalue weighted by molar-refractivity contribution is -0.171. The van der Waals surface area contributed by atoms with Crippen LogP contribution in [-0.4, -0.2) is 41.2 Å². The molecule has 2 N–H and O–H groups in total. The van der Waals surface area contributed by atoms with Crippen LogP contribution >= 0.6 is 0 Å². The minimum absolute atomic E-state index is 0.101. The highest BCUT2D eigenvalue weighted by molar-refractivity contribution is 5.97. The van der Waals surface area contributed by atoms with E-state index in [-0.39, 0.29) is 24.6 Å². The average Bonchev–Trinajstić information content (AvgIpc) is 2.72. The highest BCUT2D eigenvalue weighted by Gasteiger charge is 2.46. The first kappa shape index (κ1) is 22.7. The third-order valence-electron chi connectivity index (χ3n) is 5.25. The molecule has 3 rings (SSSR count). The predicted molar refractivity (Wildman–Crippen MR) is 106 cm³/mol. The number of aromatic nitrogens is 2. The zero-order valence-corrected chi connectivity index (χ0v) is 16.9. The largest absolute Gasteiger partial charge is 0.471 e. The molecule has 0 atom stereocenters. The summed E-state index contributed by atoms with van der Waals surface area (Å²) in [4.78, 5) is 21.2. The number of amides is 1. The first-order valence-electron chi connectivity index (χ1n) is 9.73. The number of benzene rings is 1. The molecule has 1 aromatic heterocycles. The molecule has 11 heteroatoms. The number of halogens is 5. The van der Waals surface area contributed by atoms with E-state index in [1.165, 1.54) is 0 Å². The van der Waals surface area contributed by atoms with Crippen LogP contribution in [0.4, 0.5) is 39.4 Å². The Labute approximate surface area is 175 Å². The van der Waals surface area contributed by atoms with Gasteiger partial charge in [-0.1, -0.05) is 0 Å². The van der Waals surface area contributed by atoms with Gasteiger partial charge in [0.05, 0.1) is 0 Å². The van der Waals surface area contributed by atoms with Crippen LogP contribution in [0.2, 0.25) is 0 Å². The number of nitrogens with zero attached hydrogens (tertiary/aromatic N) is 3. The predicted octanol–water partition coefficient (Wildman–Crippen LogP) is 4.42. The highest BCUT2D eigenvalue weighted by Crippen LogP contribution is 2.33. The summed E-state index contributed by atoms with van der Waals surface area (Å²) < 4.78 is 66.5. The molecule has 1 amide bonds. The quantitative estimate of drug-likeness (QED) is 0.670. The van der Waals surface area contributed by atoms with Crippen molar-refractivity contribution < 1.29 is 26.7 Å². The fraction of sp³-hybridized carbons (Fsp3) is 0.450. The van der Waals surface area contributed by atoms with Gasteiger partial charge in [0.1, 0.15) is 5.82 Å². The van der Waals surface area contributed by atoms with Gasteiger partial charge in [-0.15, -0.1) is 0 Å². The second-order valence-corrected chi connectivity index (χ2v) is 7.40. The first-order chi connectivity index (χ1) is 14.6. The van der Waals surface area contributed by atoms with Crippen LogP contribution in [0, 0.1) is 18.6 Å². The molecule has 0 spiro atoms. The minimum Gasteiger partial charge on any atom is -0.373 e. The van der Waals surface area contributed by atoms with Crippen LogP contribution in [0.3, 0.4) is 0 Å². The van der Waals surface area contributed by atoms with Gasteiger partial charge in [-0.3, -0.25) is 4.79 Å². The molecule has 1 heterocycles. The Hall–Kier alpha value is -2.98. The number of alkyl halides is 3. The normalized spacial score (nSPS) is 19.1. The van der Waals surface area contributed by atoms with E-state index in [0.29, 0.717) is 41.6 Å². The van der Waals surface area contributed by atoms with Gasteiger partial charge < -0.3 is 15.5 Å². The van der Waals surface area contributed by atoms with E-state index >= 15 is 0 Å². The third kappa shape index (κ3) is 5.20. The minimum atomic E-state index is -5.14. The second kappa shape index (κ2) is 9.03. The van der Waals surface area contributed by atoms with E-state index in [2.05, 4.69) is 20.6 Å². The molecule has 1 fully saturated rings. The molecule has 6 nitrogen and oxygen atoms in total. The van der Waals surface area contributed by atoms with Crippen LogP contribution in [0.5, 0.6) is 0 Å². The Morgan fingerprint density at radius 1 is 1.13 bits per heavy atom. The van der Waals surface area contributed by atoms with E-state index in [4.69, 9.17) is 0 Å². The molecule has 168 valence electrons. The van der Waals surface area contributed by atoms with Crippen molar-refractivity contribution in [1.29, 1.82) is 0 Å². The van der Waals surface area contributed by atoms with Gasteiger partial charge in [-0.25, -0.2) is 13.8 Å². The number of nitrogens with one attached hydrogen (secondary N) is 2. The Kier molecular flexibility index (Phi) is 6.61. The smallest absolute Gasteiger partial charge is 0.373 e. The van der Waals surface area contributed by atoms with Gasteiger partial charge in [0.15, 0.2) is 11.6 Å². The van der Waals surface area contributed by atoms with Gasteiger partial charge >= 0.3 is 12.1 Å². The molecule has 1 saturated carbocycles. The lowest BCUT2D eigenvalue weighted by atomic mass is 9.89. The monoisotopic (exact) mass is 443 g/mol. The number of aryl methyl sites for hydroxylation is 1. The Bertz CT molecular complexity index is 944. The van der Waals surface area contributed by atoms with Gasteiger partial charge in [0, 0.05) is 42.6 Å². The lowest BCUT2D eigenvalue weighted by Gasteiger charge is -2.37. The Balaban J connectivity index is 1.74. The van der Waals surface area contributed by atoms with Crippen LogP contribution in [0.1, 0.15) is 31.2 Å². The summed E-state index contributed by atoms with van der Waals surface area (Å²) in [5.41, 5.74) is 0.544. The van der Waals surface area contributed by atoms with Crippen molar-refractivity contribution in [2.75, 3.05) is 22.6 Å². The molecule has 2 aromatic rings. The highest BCUT2D eigenvalue weighted by atomic mass is 19.4. The molecule has 1 aliphatic rings. The van der Waals surface area contributed by atoms with Crippen molar-refractivity contribution in [3.05, 3.63) is 41.6 Å². The van der Waals surface area contributed by atoms with Gasteiger partial charge in [0.2, 0.25) is 5.95 Å². The number of hydrogen-bond acceptors (Lipinski definition) is 5. The van der Waals surface area contributed by atoms with Crippen LogP contribution in [-0.2, 0) is 4.79 Å². The Morgan fingerprint density at radius 3 is 2.39 bits per heavy atom. The standard InChI is InChI=1S/C20H22F5N5O/c1-11-10-27-19(29-17(11)26-2)28-12-3-5-13(6-4-12)30(18(31)20(23,24)25)14-7-8-15(21)16(22)9-14/h7-10,12-13H,3-6H2,1-2H3,(H2,26,27,28,29). The van der Waals surface area contributed by atoms with Gasteiger partial charge in [0.25, 0.3) is 0 Å². The van der Waals surface area contributed by atoms with Crippen LogP contribution in [0.15, 0.2) is 24.4 Å². The van der Waals surface area contributed by atoms with Gasteiger partial charge in [-0.2, -0.15) is 18.2 Å². The molecular formula is C20H22F5N5O. The molecule has 0 radical (unpaired) electrons. The van der Waals surface area contributed by atoms with Crippen molar-refractivity contribution in [2.24, 2.45) is 0 Å². The summed E-state index contributed by atoms with van der Waals surface area (Å²) >= 11 is 0. The molecule has 31 heavy (non-hydrogen) atoms. The fourth-order valence-electron chi connectivity index (χ4n) is 3.69. The zero-order valence-electron chi connectivity index (χ0n) is 16.9. The number of carbonyl (C=O) groups is 1. The lowest BCUT2D eigenvalue weighted by Crippen LogP contribution is -2.49. The molecule has 1 aromatic carbocycles. The number of carbonyl (C=O) groups excluding carboxylic acids is 1. The number of hydrogen-bond donors (Lipinski definition) is 2. The summed E-state index contributed by atoms with van der Waals surface area (Å²) in [5.74, 6) is -3.57. The van der Waals surface area contributed by atoms with Crippen molar-refractivity contribution in [3.63, 3.8) is 0 Å². The van der Waals surface area contributed by atoms with E-state index < -0.39 is 29.8 Å². The van der Waals surface area contributed by atoms with Crippen LogP contribution < -0.4 is 15.5 Å². The first-order valence-corrected chi connectivity index (χ1v) is 9.73.